The number of carbonyl (C=O) groups is 1. The van der Waals surface area contributed by atoms with Crippen molar-refractivity contribution in [1.82, 2.24) is 20.2 Å². The van der Waals surface area contributed by atoms with Gasteiger partial charge in [-0.25, -0.2) is 4.68 Å². The molecule has 0 aliphatic rings. The summed E-state index contributed by atoms with van der Waals surface area (Å²) >= 11 is 17.8. The molecular weight excluding hydrogens is 389 g/mol. The third-order valence-corrected chi connectivity index (χ3v) is 4.14. The van der Waals surface area contributed by atoms with Crippen LogP contribution in [0.5, 0.6) is 5.75 Å². The fourth-order valence-corrected chi connectivity index (χ4v) is 2.52. The molecule has 1 N–H and O–H groups in total. The molecule has 0 aliphatic heterocycles. The normalized spacial score (nSPS) is 10.5. The van der Waals surface area contributed by atoms with Crippen molar-refractivity contribution in [1.29, 1.82) is 0 Å². The molecule has 3 aromatic rings. The first-order valence-corrected chi connectivity index (χ1v) is 8.07. The summed E-state index contributed by atoms with van der Waals surface area (Å²) in [5.74, 6) is 0.136. The standard InChI is InChI=1S/C15H10Cl3N5O2/c16-11-5-13(18)14(6-12(11)17)20-15(24)7-25-10-3-1-9(2-4-10)23-8-19-21-22-23/h1-6,8H,7H2,(H,20,24). The highest BCUT2D eigenvalue weighted by Gasteiger charge is 2.10. The number of hydrogen-bond acceptors (Lipinski definition) is 5. The fraction of sp³-hybridized carbons (Fsp3) is 0.0667. The molecule has 0 saturated carbocycles. The molecule has 0 saturated heterocycles. The molecule has 10 heteroatoms. The Morgan fingerprint density at radius 1 is 1.08 bits per heavy atom. The second-order valence-electron chi connectivity index (χ2n) is 4.83. The highest BCUT2D eigenvalue weighted by Crippen LogP contribution is 2.32. The van der Waals surface area contributed by atoms with E-state index in [1.54, 1.807) is 24.3 Å². The number of rotatable bonds is 5. The van der Waals surface area contributed by atoms with Crippen LogP contribution in [-0.2, 0) is 4.79 Å². The van der Waals surface area contributed by atoms with Crippen molar-refractivity contribution in [3.63, 3.8) is 0 Å². The van der Waals surface area contributed by atoms with E-state index < -0.39 is 0 Å². The zero-order chi connectivity index (χ0) is 17.8. The minimum atomic E-state index is -0.384. The van der Waals surface area contributed by atoms with E-state index in [2.05, 4.69) is 20.8 Å². The first-order chi connectivity index (χ1) is 12.0. The van der Waals surface area contributed by atoms with Crippen LogP contribution in [0.1, 0.15) is 0 Å². The van der Waals surface area contributed by atoms with Crippen LogP contribution in [-0.4, -0.2) is 32.7 Å². The Kier molecular flexibility index (Phi) is 5.37. The highest BCUT2D eigenvalue weighted by atomic mass is 35.5. The van der Waals surface area contributed by atoms with Gasteiger partial charge in [-0.05, 0) is 46.8 Å². The molecule has 0 radical (unpaired) electrons. The molecule has 7 nitrogen and oxygen atoms in total. The topological polar surface area (TPSA) is 81.9 Å². The number of nitrogens with one attached hydrogen (secondary N) is 1. The Morgan fingerprint density at radius 2 is 1.80 bits per heavy atom. The Bertz CT molecular complexity index is 885. The first-order valence-electron chi connectivity index (χ1n) is 6.93. The van der Waals surface area contributed by atoms with Gasteiger partial charge in [0.1, 0.15) is 12.1 Å². The van der Waals surface area contributed by atoms with Gasteiger partial charge in [0.15, 0.2) is 6.61 Å². The summed E-state index contributed by atoms with van der Waals surface area (Å²) in [5, 5.41) is 14.4. The van der Waals surface area contributed by atoms with Crippen LogP contribution in [0, 0.1) is 0 Å². The largest absolute Gasteiger partial charge is 0.484 e. The molecular formula is C15H10Cl3N5O2. The lowest BCUT2D eigenvalue weighted by molar-refractivity contribution is -0.118. The van der Waals surface area contributed by atoms with E-state index in [1.807, 2.05) is 0 Å². The lowest BCUT2D eigenvalue weighted by atomic mass is 10.3. The van der Waals surface area contributed by atoms with E-state index in [0.717, 1.165) is 5.69 Å². The molecule has 3 rings (SSSR count). The second-order valence-corrected chi connectivity index (χ2v) is 6.05. The number of carbonyl (C=O) groups excluding carboxylic acids is 1. The molecule has 0 spiro atoms. The number of ether oxygens (including phenoxy) is 1. The van der Waals surface area contributed by atoms with Gasteiger partial charge in [0.25, 0.3) is 5.91 Å². The van der Waals surface area contributed by atoms with Crippen molar-refractivity contribution >= 4 is 46.4 Å². The van der Waals surface area contributed by atoms with Gasteiger partial charge in [0.2, 0.25) is 0 Å². The van der Waals surface area contributed by atoms with Crippen molar-refractivity contribution in [3.05, 3.63) is 57.8 Å². The third-order valence-electron chi connectivity index (χ3n) is 3.10. The quantitative estimate of drug-likeness (QED) is 0.664. The minimum Gasteiger partial charge on any atom is -0.484 e. The van der Waals surface area contributed by atoms with Crippen molar-refractivity contribution < 1.29 is 9.53 Å². The zero-order valence-electron chi connectivity index (χ0n) is 12.5. The molecule has 0 bridgehead atoms. The zero-order valence-corrected chi connectivity index (χ0v) is 14.8. The van der Waals surface area contributed by atoms with Crippen LogP contribution in [0.4, 0.5) is 5.69 Å². The number of benzene rings is 2. The van der Waals surface area contributed by atoms with Gasteiger partial charge in [0, 0.05) is 0 Å². The Balaban J connectivity index is 1.58. The predicted molar refractivity (Wildman–Crippen MR) is 94.8 cm³/mol. The molecule has 25 heavy (non-hydrogen) atoms. The van der Waals surface area contributed by atoms with Gasteiger partial charge in [-0.3, -0.25) is 4.79 Å². The molecule has 2 aromatic carbocycles. The average molecular weight is 399 g/mol. The lowest BCUT2D eigenvalue weighted by Crippen LogP contribution is -2.20. The summed E-state index contributed by atoms with van der Waals surface area (Å²) in [6, 6.07) is 9.87. The van der Waals surface area contributed by atoms with Crippen LogP contribution < -0.4 is 10.1 Å². The maximum absolute atomic E-state index is 12.0. The molecule has 0 fully saturated rings. The smallest absolute Gasteiger partial charge is 0.262 e. The van der Waals surface area contributed by atoms with Gasteiger partial charge < -0.3 is 10.1 Å². The monoisotopic (exact) mass is 397 g/mol. The summed E-state index contributed by atoms with van der Waals surface area (Å²) in [5.41, 5.74) is 1.13. The van der Waals surface area contributed by atoms with Crippen molar-refractivity contribution in [2.45, 2.75) is 0 Å². The molecule has 0 unspecified atom stereocenters. The lowest BCUT2D eigenvalue weighted by Gasteiger charge is -2.10. The van der Waals surface area contributed by atoms with E-state index in [9.17, 15) is 4.79 Å². The number of tetrazole rings is 1. The SMILES string of the molecule is O=C(COc1ccc(-n2cnnn2)cc1)Nc1cc(Cl)c(Cl)cc1Cl. The van der Waals surface area contributed by atoms with E-state index in [0.29, 0.717) is 21.5 Å². The summed E-state index contributed by atoms with van der Waals surface area (Å²) in [6.07, 6.45) is 1.48. The van der Waals surface area contributed by atoms with E-state index in [1.165, 1.54) is 23.1 Å². The minimum absolute atomic E-state index is 0.194. The van der Waals surface area contributed by atoms with Crippen LogP contribution >= 0.6 is 34.8 Å². The highest BCUT2D eigenvalue weighted by molar-refractivity contribution is 6.44. The van der Waals surface area contributed by atoms with Gasteiger partial charge in [-0.15, -0.1) is 5.10 Å². The van der Waals surface area contributed by atoms with Crippen molar-refractivity contribution in [2.75, 3.05) is 11.9 Å². The fourth-order valence-electron chi connectivity index (χ4n) is 1.93. The van der Waals surface area contributed by atoms with Crippen LogP contribution in [0.2, 0.25) is 15.1 Å². The molecule has 1 heterocycles. The Morgan fingerprint density at radius 3 is 2.48 bits per heavy atom. The third kappa shape index (κ3) is 4.39. The number of aromatic nitrogens is 4. The molecule has 0 atom stereocenters. The van der Waals surface area contributed by atoms with E-state index in [-0.39, 0.29) is 17.5 Å². The van der Waals surface area contributed by atoms with Crippen molar-refractivity contribution in [3.8, 4) is 11.4 Å². The maximum atomic E-state index is 12.0. The Labute approximate surface area is 157 Å². The van der Waals surface area contributed by atoms with Crippen LogP contribution in [0.25, 0.3) is 5.69 Å². The summed E-state index contributed by atoms with van der Waals surface area (Å²) in [4.78, 5) is 12.0. The number of nitrogens with zero attached hydrogens (tertiary/aromatic N) is 4. The van der Waals surface area contributed by atoms with E-state index in [4.69, 9.17) is 39.5 Å². The van der Waals surface area contributed by atoms with Gasteiger partial charge >= 0.3 is 0 Å². The summed E-state index contributed by atoms with van der Waals surface area (Å²) < 4.78 is 6.93. The Hall–Kier alpha value is -2.35. The van der Waals surface area contributed by atoms with Gasteiger partial charge in [-0.1, -0.05) is 34.8 Å². The predicted octanol–water partition coefficient (Wildman–Crippen LogP) is 3.64. The van der Waals surface area contributed by atoms with Crippen LogP contribution in [0.3, 0.4) is 0 Å². The molecule has 128 valence electrons. The number of hydrogen-bond donors (Lipinski definition) is 1. The van der Waals surface area contributed by atoms with Crippen molar-refractivity contribution in [2.24, 2.45) is 0 Å². The van der Waals surface area contributed by atoms with E-state index >= 15 is 0 Å². The average Bonchev–Trinajstić information content (AvgIpc) is 3.13. The summed E-state index contributed by atoms with van der Waals surface area (Å²) in [6.45, 7) is -0.194. The first kappa shape index (κ1) is 17.5. The molecule has 0 aliphatic carbocycles. The number of anilines is 1. The van der Waals surface area contributed by atoms with Gasteiger partial charge in [0.05, 0.1) is 26.4 Å². The second kappa shape index (κ2) is 7.69. The number of amides is 1. The molecule has 1 amide bonds. The summed E-state index contributed by atoms with van der Waals surface area (Å²) in [7, 11) is 0. The maximum Gasteiger partial charge on any atom is 0.262 e. The number of halogens is 3. The molecule has 1 aromatic heterocycles. The van der Waals surface area contributed by atoms with Crippen LogP contribution in [0.15, 0.2) is 42.7 Å². The van der Waals surface area contributed by atoms with Gasteiger partial charge in [-0.2, -0.15) is 0 Å².